The van der Waals surface area contributed by atoms with Crippen LogP contribution >= 0.6 is 7.82 Å². The number of methoxy groups -OCH3 is 2. The van der Waals surface area contributed by atoms with E-state index >= 15 is 0 Å². The number of amides is 1. The lowest BCUT2D eigenvalue weighted by Gasteiger charge is -2.37. The fraction of sp³-hybridized carbons (Fsp3) is 0.231. The lowest BCUT2D eigenvalue weighted by atomic mass is 9.80. The van der Waals surface area contributed by atoms with Crippen molar-refractivity contribution in [2.75, 3.05) is 32.8 Å². The zero-order valence-corrected chi connectivity index (χ0v) is 30.7. The van der Waals surface area contributed by atoms with Gasteiger partial charge in [0, 0.05) is 6.42 Å². The molecule has 1 amide bonds. The van der Waals surface area contributed by atoms with Gasteiger partial charge >= 0.3 is 7.82 Å². The van der Waals surface area contributed by atoms with Crippen LogP contribution in [0, 0.1) is 0 Å². The van der Waals surface area contributed by atoms with Crippen LogP contribution in [0.15, 0.2) is 122 Å². The number of ether oxygens (including phenoxy) is 5. The second-order valence-electron chi connectivity index (χ2n) is 12.5. The molecule has 0 saturated carbocycles. The van der Waals surface area contributed by atoms with Gasteiger partial charge in [-0.1, -0.05) is 72.8 Å². The van der Waals surface area contributed by atoms with Crippen LogP contribution in [0.4, 0.5) is 5.82 Å². The Morgan fingerprint density at radius 3 is 2.04 bits per heavy atom. The van der Waals surface area contributed by atoms with Crippen molar-refractivity contribution in [1.82, 2.24) is 19.5 Å². The predicted octanol–water partition coefficient (Wildman–Crippen LogP) is 5.64. The number of phosphoric acid groups is 1. The zero-order valence-electron chi connectivity index (χ0n) is 29.8. The Kier molecular flexibility index (Phi) is 11.2. The topological polar surface area (TPSA) is 186 Å². The highest BCUT2D eigenvalue weighted by Crippen LogP contribution is 2.46. The van der Waals surface area contributed by atoms with Crippen LogP contribution in [-0.2, 0) is 29.0 Å². The maximum absolute atomic E-state index is 12.8. The van der Waals surface area contributed by atoms with Crippen LogP contribution in [-0.4, -0.2) is 74.9 Å². The van der Waals surface area contributed by atoms with E-state index in [0.717, 1.165) is 16.7 Å². The lowest BCUT2D eigenvalue weighted by Crippen LogP contribution is -2.38. The third kappa shape index (κ3) is 8.37. The van der Waals surface area contributed by atoms with Gasteiger partial charge in [0.15, 0.2) is 23.6 Å². The molecule has 15 nitrogen and oxygen atoms in total. The molecule has 0 bridgehead atoms. The highest BCUT2D eigenvalue weighted by molar-refractivity contribution is 7.46. The normalized spacial score (nSPS) is 17.2. The number of fused-ring (bicyclic) bond motifs is 1. The fourth-order valence-corrected chi connectivity index (χ4v) is 7.15. The average molecular weight is 768 g/mol. The third-order valence-electron chi connectivity index (χ3n) is 9.13. The Morgan fingerprint density at radius 2 is 1.44 bits per heavy atom. The van der Waals surface area contributed by atoms with E-state index in [0.29, 0.717) is 22.9 Å². The summed E-state index contributed by atoms with van der Waals surface area (Å²) in [5.41, 5.74) is 1.65. The molecule has 1 saturated heterocycles. The Labute approximate surface area is 316 Å². The maximum atomic E-state index is 12.8. The lowest BCUT2D eigenvalue weighted by molar-refractivity contribution is -0.118. The molecule has 6 aromatic rings. The van der Waals surface area contributed by atoms with E-state index in [4.69, 9.17) is 28.2 Å². The number of hydrogen-bond acceptors (Lipinski definition) is 11. The number of aromatic nitrogens is 4. The standard InChI is InChI=1S/C39H38N5O10P/c1-49-29-17-13-27(14-18-29)39(26-9-5-3-6-10-26,28-15-19-30(50-2)20-16-28)52-22-33-32(54-55(46,47)48)21-35(53-33)44-25-42-36-37(40-24-41-38(36)44)43-34(45)23-51-31-11-7-4-8-12-31/h3-20,24-25,32-33,35H,21-23H2,1-2H3,(H2,46,47,48)(H,40,41,43,45)/t32?,33-,35-/m1/s1. The summed E-state index contributed by atoms with van der Waals surface area (Å²) in [6.45, 7) is -0.430. The highest BCUT2D eigenvalue weighted by atomic mass is 31.2. The van der Waals surface area contributed by atoms with Crippen LogP contribution in [0.3, 0.4) is 0 Å². The van der Waals surface area contributed by atoms with E-state index in [1.54, 1.807) is 43.1 Å². The quantitative estimate of drug-likeness (QED) is 0.0863. The van der Waals surface area contributed by atoms with Crippen LogP contribution < -0.4 is 19.5 Å². The van der Waals surface area contributed by atoms with Crippen LogP contribution in [0.25, 0.3) is 11.2 Å². The third-order valence-corrected chi connectivity index (χ3v) is 9.68. The summed E-state index contributed by atoms with van der Waals surface area (Å²) >= 11 is 0. The minimum absolute atomic E-state index is 0.00458. The van der Waals surface area contributed by atoms with E-state index in [-0.39, 0.29) is 31.0 Å². The average Bonchev–Trinajstić information content (AvgIpc) is 3.82. The van der Waals surface area contributed by atoms with E-state index < -0.39 is 37.8 Å². The molecule has 16 heteroatoms. The van der Waals surface area contributed by atoms with Gasteiger partial charge in [0.25, 0.3) is 5.91 Å². The Hall–Kier alpha value is -5.67. The number of hydrogen-bond donors (Lipinski definition) is 3. The summed E-state index contributed by atoms with van der Waals surface area (Å²) in [5, 5.41) is 2.71. The van der Waals surface area contributed by atoms with Crippen LogP contribution in [0.5, 0.6) is 17.2 Å². The molecule has 1 unspecified atom stereocenters. The molecule has 3 heterocycles. The van der Waals surface area contributed by atoms with Gasteiger partial charge in [-0.3, -0.25) is 13.9 Å². The monoisotopic (exact) mass is 767 g/mol. The Balaban J connectivity index is 1.19. The van der Waals surface area contributed by atoms with Crippen LogP contribution in [0.2, 0.25) is 0 Å². The van der Waals surface area contributed by atoms with Crippen molar-refractivity contribution < 1.29 is 47.4 Å². The molecule has 284 valence electrons. The first-order valence-corrected chi connectivity index (χ1v) is 18.7. The molecule has 3 N–H and O–H groups in total. The molecule has 7 rings (SSSR count). The number of imidazole rings is 1. The summed E-state index contributed by atoms with van der Waals surface area (Å²) < 4.78 is 49.1. The maximum Gasteiger partial charge on any atom is 0.469 e. The van der Waals surface area contributed by atoms with Gasteiger partial charge in [0.2, 0.25) is 0 Å². The summed E-state index contributed by atoms with van der Waals surface area (Å²) in [5.74, 6) is 1.53. The van der Waals surface area contributed by atoms with Crippen LogP contribution in [0.1, 0.15) is 29.3 Å². The number of nitrogens with zero attached hydrogens (tertiary/aromatic N) is 4. The molecular formula is C39H38N5O10P. The van der Waals surface area contributed by atoms with Crippen molar-refractivity contribution in [1.29, 1.82) is 0 Å². The Morgan fingerprint density at radius 1 is 0.836 bits per heavy atom. The van der Waals surface area contributed by atoms with Gasteiger partial charge < -0.3 is 38.8 Å². The molecule has 55 heavy (non-hydrogen) atoms. The molecule has 3 atom stereocenters. The molecule has 4 aromatic carbocycles. The molecule has 0 radical (unpaired) electrons. The van der Waals surface area contributed by atoms with Crippen molar-refractivity contribution in [2.24, 2.45) is 0 Å². The molecular weight excluding hydrogens is 729 g/mol. The summed E-state index contributed by atoms with van der Waals surface area (Å²) in [4.78, 5) is 45.7. The SMILES string of the molecule is COc1ccc(C(OC[C@H]2O[C@@H](n3cnc4c(NC(=O)COc5ccccc5)ncnc43)CC2OP(=O)(O)O)(c2ccccc2)c2ccc(OC)cc2)cc1. The Bertz CT molecular complexity index is 2210. The minimum Gasteiger partial charge on any atom is -0.497 e. The molecule has 0 spiro atoms. The van der Waals surface area contributed by atoms with Crippen molar-refractivity contribution in [2.45, 2.75) is 30.5 Å². The van der Waals surface area contributed by atoms with Gasteiger partial charge in [0.1, 0.15) is 47.6 Å². The zero-order chi connectivity index (χ0) is 38.4. The number of carbonyl (C=O) groups excluding carboxylic acids is 1. The minimum atomic E-state index is -4.99. The smallest absolute Gasteiger partial charge is 0.469 e. The van der Waals surface area contributed by atoms with Gasteiger partial charge in [0.05, 0.1) is 27.2 Å². The van der Waals surface area contributed by atoms with Crippen molar-refractivity contribution in [3.05, 3.63) is 139 Å². The fourth-order valence-electron chi connectivity index (χ4n) is 6.58. The van der Waals surface area contributed by atoms with E-state index in [9.17, 15) is 19.1 Å². The van der Waals surface area contributed by atoms with E-state index in [1.165, 1.54) is 12.7 Å². The van der Waals surface area contributed by atoms with E-state index in [1.807, 2.05) is 84.9 Å². The van der Waals surface area contributed by atoms with Gasteiger partial charge in [-0.25, -0.2) is 19.5 Å². The number of phosphoric ester groups is 1. The number of carbonyl (C=O) groups is 1. The van der Waals surface area contributed by atoms with Crippen molar-refractivity contribution >= 4 is 30.7 Å². The summed E-state index contributed by atoms with van der Waals surface area (Å²) in [6, 6.07) is 33.5. The van der Waals surface area contributed by atoms with Crippen molar-refractivity contribution in [3.8, 4) is 17.2 Å². The number of anilines is 1. The molecule has 1 fully saturated rings. The van der Waals surface area contributed by atoms with E-state index in [2.05, 4.69) is 20.3 Å². The van der Waals surface area contributed by atoms with Gasteiger partial charge in [-0.15, -0.1) is 0 Å². The number of benzene rings is 4. The number of rotatable bonds is 15. The van der Waals surface area contributed by atoms with Gasteiger partial charge in [-0.2, -0.15) is 0 Å². The number of nitrogens with one attached hydrogen (secondary N) is 1. The predicted molar refractivity (Wildman–Crippen MR) is 200 cm³/mol. The first-order valence-electron chi connectivity index (χ1n) is 17.2. The van der Waals surface area contributed by atoms with Crippen molar-refractivity contribution in [3.63, 3.8) is 0 Å². The largest absolute Gasteiger partial charge is 0.497 e. The first kappa shape index (κ1) is 37.6. The second kappa shape index (κ2) is 16.4. The highest BCUT2D eigenvalue weighted by Gasteiger charge is 2.45. The molecule has 0 aliphatic carbocycles. The first-order chi connectivity index (χ1) is 26.7. The molecule has 1 aliphatic rings. The molecule has 1 aliphatic heterocycles. The second-order valence-corrected chi connectivity index (χ2v) is 13.7. The van der Waals surface area contributed by atoms with Gasteiger partial charge in [-0.05, 0) is 53.1 Å². The molecule has 2 aromatic heterocycles. The summed E-state index contributed by atoms with van der Waals surface area (Å²) in [7, 11) is -1.81. The summed E-state index contributed by atoms with van der Waals surface area (Å²) in [6.07, 6.45) is -0.204. The number of para-hydroxylation sites is 1.